The summed E-state index contributed by atoms with van der Waals surface area (Å²) < 4.78 is 6.03. The van der Waals surface area contributed by atoms with Gasteiger partial charge in [0.2, 0.25) is 5.91 Å². The van der Waals surface area contributed by atoms with Crippen LogP contribution in [0.3, 0.4) is 0 Å². The Kier molecular flexibility index (Phi) is 5.24. The molecule has 2 aliphatic heterocycles. The summed E-state index contributed by atoms with van der Waals surface area (Å²) in [5.74, 6) is 1.28. The van der Waals surface area contributed by atoms with Crippen LogP contribution in [-0.4, -0.2) is 36.5 Å². The van der Waals surface area contributed by atoms with E-state index >= 15 is 0 Å². The number of benzene rings is 3. The highest BCUT2D eigenvalue weighted by Gasteiger charge is 2.34. The summed E-state index contributed by atoms with van der Waals surface area (Å²) in [5.41, 5.74) is 3.24. The van der Waals surface area contributed by atoms with Crippen molar-refractivity contribution in [2.24, 2.45) is 0 Å². The fraction of sp³-hybridized carbons (Fsp3) is 0.269. The van der Waals surface area contributed by atoms with Crippen molar-refractivity contribution in [3.05, 3.63) is 95.6 Å². The molecule has 152 valence electrons. The number of hydrogen-bond donors (Lipinski definition) is 1. The van der Waals surface area contributed by atoms with E-state index in [-0.39, 0.29) is 17.9 Å². The molecule has 0 spiro atoms. The number of carbonyl (C=O) groups excluding carboxylic acids is 1. The Morgan fingerprint density at radius 1 is 0.900 bits per heavy atom. The maximum Gasteiger partial charge on any atom is 0.232 e. The van der Waals surface area contributed by atoms with E-state index in [0.29, 0.717) is 0 Å². The van der Waals surface area contributed by atoms with Gasteiger partial charge in [-0.15, -0.1) is 0 Å². The lowest BCUT2D eigenvalue weighted by molar-refractivity contribution is -0.122. The van der Waals surface area contributed by atoms with Crippen molar-refractivity contribution >= 4 is 5.91 Å². The predicted octanol–water partition coefficient (Wildman–Crippen LogP) is 4.36. The summed E-state index contributed by atoms with van der Waals surface area (Å²) in [6.45, 7) is 2.96. The van der Waals surface area contributed by atoms with E-state index in [9.17, 15) is 4.79 Å². The number of hydrogen-bond acceptors (Lipinski definition) is 3. The number of amides is 1. The zero-order valence-corrected chi connectivity index (χ0v) is 17.0. The molecule has 0 aliphatic carbocycles. The van der Waals surface area contributed by atoms with Gasteiger partial charge < -0.3 is 15.0 Å². The minimum Gasteiger partial charge on any atom is -0.457 e. The molecular weight excluding hydrogens is 372 g/mol. The Bertz CT molecular complexity index is 988. The minimum absolute atomic E-state index is 0.0631. The second-order valence-electron chi connectivity index (χ2n) is 8.14. The molecule has 4 nitrogen and oxygen atoms in total. The summed E-state index contributed by atoms with van der Waals surface area (Å²) in [5, 5.41) is 3.32. The molecule has 0 saturated carbocycles. The molecule has 2 heterocycles. The lowest BCUT2D eigenvalue weighted by Crippen LogP contribution is -2.40. The first kappa shape index (κ1) is 18.9. The number of rotatable bonds is 5. The maximum absolute atomic E-state index is 13.4. The van der Waals surface area contributed by atoms with E-state index in [2.05, 4.69) is 40.5 Å². The van der Waals surface area contributed by atoms with E-state index in [1.54, 1.807) is 0 Å². The molecule has 1 saturated heterocycles. The molecule has 1 fully saturated rings. The van der Waals surface area contributed by atoms with Crippen molar-refractivity contribution in [3.63, 3.8) is 0 Å². The van der Waals surface area contributed by atoms with Gasteiger partial charge in [-0.05, 0) is 30.5 Å². The summed E-state index contributed by atoms with van der Waals surface area (Å²) in [6.07, 6.45) is 2.04. The first-order valence-electron chi connectivity index (χ1n) is 10.7. The summed E-state index contributed by atoms with van der Waals surface area (Å²) in [7, 11) is 0. The van der Waals surface area contributed by atoms with Gasteiger partial charge in [-0.25, -0.2) is 0 Å². The third-order valence-corrected chi connectivity index (χ3v) is 6.12. The first-order valence-corrected chi connectivity index (χ1v) is 10.7. The Hall–Kier alpha value is -3.11. The van der Waals surface area contributed by atoms with Crippen molar-refractivity contribution in [2.75, 3.05) is 19.6 Å². The zero-order valence-electron chi connectivity index (χ0n) is 17.0. The number of ether oxygens (including phenoxy) is 1. The van der Waals surface area contributed by atoms with Gasteiger partial charge >= 0.3 is 0 Å². The van der Waals surface area contributed by atoms with Crippen molar-refractivity contribution in [3.8, 4) is 11.5 Å². The Morgan fingerprint density at radius 3 is 2.23 bits per heavy atom. The van der Waals surface area contributed by atoms with Gasteiger partial charge in [-0.1, -0.05) is 66.7 Å². The molecule has 0 bridgehead atoms. The van der Waals surface area contributed by atoms with Crippen molar-refractivity contribution in [2.45, 2.75) is 24.8 Å². The molecular formula is C26H26N2O2. The number of nitrogens with one attached hydrogen (secondary N) is 1. The molecule has 1 N–H and O–H groups in total. The van der Waals surface area contributed by atoms with E-state index in [0.717, 1.165) is 55.1 Å². The van der Waals surface area contributed by atoms with Crippen LogP contribution in [-0.2, 0) is 11.2 Å². The summed E-state index contributed by atoms with van der Waals surface area (Å²) >= 11 is 0. The molecule has 30 heavy (non-hydrogen) atoms. The van der Waals surface area contributed by atoms with Gasteiger partial charge in [0.05, 0.1) is 5.92 Å². The number of nitrogens with zero attached hydrogens (tertiary/aromatic N) is 1. The number of fused-ring (bicyclic) bond motifs is 2. The molecule has 0 radical (unpaired) electrons. The number of likely N-dealkylation sites (tertiary alicyclic amines) is 1. The SMILES string of the molecule is O=C(N[C@H]1CCN(CCc2ccccc2)C1)C1c2ccccc2Oc2ccccc21. The zero-order chi connectivity index (χ0) is 20.3. The minimum atomic E-state index is -0.329. The van der Waals surface area contributed by atoms with E-state index in [1.807, 2.05) is 48.5 Å². The lowest BCUT2D eigenvalue weighted by atomic mass is 9.87. The van der Waals surface area contributed by atoms with Crippen LogP contribution in [0.2, 0.25) is 0 Å². The monoisotopic (exact) mass is 398 g/mol. The van der Waals surface area contributed by atoms with Crippen LogP contribution in [0.1, 0.15) is 29.0 Å². The Morgan fingerprint density at radius 2 is 1.53 bits per heavy atom. The van der Waals surface area contributed by atoms with Gasteiger partial charge in [0.25, 0.3) is 0 Å². The van der Waals surface area contributed by atoms with Crippen LogP contribution >= 0.6 is 0 Å². The average molecular weight is 399 g/mol. The average Bonchev–Trinajstić information content (AvgIpc) is 3.23. The molecule has 5 rings (SSSR count). The fourth-order valence-corrected chi connectivity index (χ4v) is 4.56. The van der Waals surface area contributed by atoms with Crippen LogP contribution in [0.15, 0.2) is 78.9 Å². The van der Waals surface area contributed by atoms with Crippen LogP contribution < -0.4 is 10.1 Å². The van der Waals surface area contributed by atoms with Gasteiger partial charge in [-0.3, -0.25) is 4.79 Å². The second-order valence-corrected chi connectivity index (χ2v) is 8.14. The molecule has 0 unspecified atom stereocenters. The standard InChI is InChI=1S/C26H26N2O2/c29-26(27-20-15-17-28(18-20)16-14-19-8-2-1-3-9-19)25-21-10-4-6-12-23(21)30-24-13-7-5-11-22(24)25/h1-13,20,25H,14-18H2,(H,27,29)/t20-/m0/s1. The fourth-order valence-electron chi connectivity index (χ4n) is 4.56. The normalized spacial score (nSPS) is 18.3. The summed E-state index contributed by atoms with van der Waals surface area (Å²) in [4.78, 5) is 15.8. The topological polar surface area (TPSA) is 41.6 Å². The van der Waals surface area contributed by atoms with Crippen LogP contribution in [0.5, 0.6) is 11.5 Å². The third-order valence-electron chi connectivity index (χ3n) is 6.12. The van der Waals surface area contributed by atoms with Crippen LogP contribution in [0.25, 0.3) is 0 Å². The second kappa shape index (κ2) is 8.33. The highest BCUT2D eigenvalue weighted by molar-refractivity contribution is 5.89. The molecule has 4 heteroatoms. The van der Waals surface area contributed by atoms with E-state index in [1.165, 1.54) is 5.56 Å². The van der Waals surface area contributed by atoms with Crippen molar-refractivity contribution in [1.29, 1.82) is 0 Å². The highest BCUT2D eigenvalue weighted by Crippen LogP contribution is 2.43. The highest BCUT2D eigenvalue weighted by atomic mass is 16.5. The van der Waals surface area contributed by atoms with Gasteiger partial charge in [0.1, 0.15) is 11.5 Å². The Balaban J connectivity index is 1.26. The summed E-state index contributed by atoms with van der Waals surface area (Å²) in [6, 6.07) is 26.5. The molecule has 2 aliphatic rings. The molecule has 1 amide bonds. The third kappa shape index (κ3) is 3.83. The smallest absolute Gasteiger partial charge is 0.232 e. The van der Waals surface area contributed by atoms with Crippen molar-refractivity contribution < 1.29 is 9.53 Å². The number of para-hydroxylation sites is 2. The largest absolute Gasteiger partial charge is 0.457 e. The van der Waals surface area contributed by atoms with Gasteiger partial charge in [-0.2, -0.15) is 0 Å². The number of carbonyl (C=O) groups is 1. The lowest BCUT2D eigenvalue weighted by Gasteiger charge is -2.28. The van der Waals surface area contributed by atoms with E-state index < -0.39 is 0 Å². The van der Waals surface area contributed by atoms with Gasteiger partial charge in [0.15, 0.2) is 0 Å². The first-order chi connectivity index (χ1) is 14.8. The van der Waals surface area contributed by atoms with Crippen LogP contribution in [0.4, 0.5) is 0 Å². The molecule has 0 aromatic heterocycles. The Labute approximate surface area is 177 Å². The van der Waals surface area contributed by atoms with Crippen LogP contribution in [0, 0.1) is 0 Å². The molecule has 3 aromatic carbocycles. The predicted molar refractivity (Wildman–Crippen MR) is 118 cm³/mol. The maximum atomic E-state index is 13.4. The quantitative estimate of drug-likeness (QED) is 0.694. The molecule has 3 aromatic rings. The molecule has 1 atom stereocenters. The van der Waals surface area contributed by atoms with Gasteiger partial charge in [0, 0.05) is 36.8 Å². The van der Waals surface area contributed by atoms with Crippen molar-refractivity contribution in [1.82, 2.24) is 10.2 Å². The van der Waals surface area contributed by atoms with E-state index in [4.69, 9.17) is 4.74 Å².